The second-order valence-electron chi connectivity index (χ2n) is 9.82. The maximum Gasteiger partial charge on any atom is 0.311 e. The number of nitrogens with zero attached hydrogens (tertiary/aromatic N) is 4. The summed E-state index contributed by atoms with van der Waals surface area (Å²) in [6, 6.07) is 31.4. The van der Waals surface area contributed by atoms with E-state index < -0.39 is 32.7 Å². The number of phenols is 2. The monoisotopic (exact) mass is 582 g/mol. The van der Waals surface area contributed by atoms with Crippen LogP contribution in [0.25, 0.3) is 32.7 Å². The van der Waals surface area contributed by atoms with Crippen LogP contribution >= 0.6 is 0 Å². The lowest BCUT2D eigenvalue weighted by molar-refractivity contribution is -0.386. The topological polar surface area (TPSA) is 151 Å². The van der Waals surface area contributed by atoms with Crippen molar-refractivity contribution in [3.8, 4) is 22.6 Å². The number of aliphatic imine (C=N–C) groups is 2. The number of phenolic OH excluding ortho intramolecular Hbond substituents is 2. The molecule has 0 aliphatic carbocycles. The number of nitro benzene ring substituents is 2. The van der Waals surface area contributed by atoms with Crippen LogP contribution in [0.5, 0.6) is 11.5 Å². The first-order chi connectivity index (χ1) is 21.3. The largest absolute Gasteiger partial charge is 0.502 e. The summed E-state index contributed by atoms with van der Waals surface area (Å²) < 4.78 is 0. The molecule has 214 valence electrons. The number of fused-ring (bicyclic) bond motifs is 2. The first-order valence-electron chi connectivity index (χ1n) is 13.4. The van der Waals surface area contributed by atoms with Crippen LogP contribution in [0.4, 0.5) is 22.7 Å². The predicted molar refractivity (Wildman–Crippen MR) is 171 cm³/mol. The van der Waals surface area contributed by atoms with Gasteiger partial charge in [-0.1, -0.05) is 72.8 Å². The van der Waals surface area contributed by atoms with Gasteiger partial charge < -0.3 is 10.2 Å². The van der Waals surface area contributed by atoms with Gasteiger partial charge in [-0.2, -0.15) is 0 Å². The highest BCUT2D eigenvalue weighted by atomic mass is 16.6. The van der Waals surface area contributed by atoms with Crippen molar-refractivity contribution in [1.29, 1.82) is 0 Å². The van der Waals surface area contributed by atoms with Gasteiger partial charge in [-0.3, -0.25) is 30.2 Å². The molecule has 2 N–H and O–H groups in total. The minimum atomic E-state index is -0.659. The minimum Gasteiger partial charge on any atom is -0.502 e. The highest BCUT2D eigenvalue weighted by Gasteiger charge is 2.19. The van der Waals surface area contributed by atoms with E-state index in [4.69, 9.17) is 9.98 Å². The highest BCUT2D eigenvalue weighted by Crippen LogP contribution is 2.46. The van der Waals surface area contributed by atoms with Crippen molar-refractivity contribution in [3.63, 3.8) is 0 Å². The molecule has 0 amide bonds. The van der Waals surface area contributed by atoms with E-state index in [9.17, 15) is 30.4 Å². The molecule has 0 heterocycles. The Balaban J connectivity index is 1.60. The fourth-order valence-corrected chi connectivity index (χ4v) is 5.14. The fraction of sp³-hybridized carbons (Fsp3) is 0. The van der Waals surface area contributed by atoms with Crippen molar-refractivity contribution in [2.24, 2.45) is 9.98 Å². The summed E-state index contributed by atoms with van der Waals surface area (Å²) in [4.78, 5) is 30.8. The summed E-state index contributed by atoms with van der Waals surface area (Å²) in [5.74, 6) is -0.980. The Bertz CT molecular complexity index is 2020. The van der Waals surface area contributed by atoms with Crippen LogP contribution in [-0.4, -0.2) is 32.5 Å². The molecule has 0 radical (unpaired) electrons. The van der Waals surface area contributed by atoms with E-state index in [1.807, 2.05) is 72.8 Å². The van der Waals surface area contributed by atoms with Crippen molar-refractivity contribution in [1.82, 2.24) is 0 Å². The third kappa shape index (κ3) is 5.07. The summed E-state index contributed by atoms with van der Waals surface area (Å²) in [5, 5.41) is 47.4. The van der Waals surface area contributed by atoms with Gasteiger partial charge in [0.1, 0.15) is 0 Å². The first kappa shape index (κ1) is 27.7. The Morgan fingerprint density at radius 1 is 0.523 bits per heavy atom. The molecule has 0 unspecified atom stereocenters. The number of nitro groups is 2. The quantitative estimate of drug-likeness (QED) is 0.110. The van der Waals surface area contributed by atoms with Crippen LogP contribution in [0.1, 0.15) is 11.1 Å². The zero-order chi connectivity index (χ0) is 30.8. The molecule has 0 bridgehead atoms. The second-order valence-corrected chi connectivity index (χ2v) is 9.82. The van der Waals surface area contributed by atoms with Crippen molar-refractivity contribution < 1.29 is 20.1 Å². The Hall–Kier alpha value is -6.42. The normalized spacial score (nSPS) is 11.5. The molecule has 6 aromatic carbocycles. The van der Waals surface area contributed by atoms with Crippen molar-refractivity contribution in [2.45, 2.75) is 0 Å². The second kappa shape index (κ2) is 11.5. The smallest absolute Gasteiger partial charge is 0.311 e. The SMILES string of the molecule is O=[N+]([O-])c1cccc(C=Nc2ccc3ccccc3c2-c2c(N=Cc3cccc([N+](=O)[O-])c3O)ccc3ccccc23)c1O. The van der Waals surface area contributed by atoms with Gasteiger partial charge in [-0.25, -0.2) is 0 Å². The molecule has 0 atom stereocenters. The molecule has 0 aromatic heterocycles. The first-order valence-corrected chi connectivity index (χ1v) is 13.4. The van der Waals surface area contributed by atoms with Gasteiger partial charge in [0.2, 0.25) is 11.5 Å². The van der Waals surface area contributed by atoms with Crippen molar-refractivity contribution in [3.05, 3.63) is 141 Å². The lowest BCUT2D eigenvalue weighted by atomic mass is 9.91. The van der Waals surface area contributed by atoms with Gasteiger partial charge in [-0.05, 0) is 45.8 Å². The standard InChI is InChI=1S/C34H22N4O6/c39-33-23(9-5-13-29(33)37(41)42)19-35-27-17-15-21-7-1-3-11-25(21)31(27)32-26-12-4-2-8-22(26)16-18-28(32)36-20-24-10-6-14-30(34(24)40)38(43)44/h1-20,39-40H. The Labute approximate surface area is 249 Å². The Morgan fingerprint density at radius 3 is 1.34 bits per heavy atom. The molecular formula is C34H22N4O6. The lowest BCUT2D eigenvalue weighted by Crippen LogP contribution is -1.92. The van der Waals surface area contributed by atoms with Crippen molar-refractivity contribution >= 4 is 56.7 Å². The van der Waals surface area contributed by atoms with E-state index in [1.54, 1.807) is 0 Å². The molecule has 0 aliphatic heterocycles. The van der Waals surface area contributed by atoms with Crippen LogP contribution in [0.2, 0.25) is 0 Å². The van der Waals surface area contributed by atoms with Crippen LogP contribution in [0.3, 0.4) is 0 Å². The maximum atomic E-state index is 11.4. The molecule has 10 nitrogen and oxygen atoms in total. The number of hydrogen-bond donors (Lipinski definition) is 2. The Kier molecular flexibility index (Phi) is 7.22. The highest BCUT2D eigenvalue weighted by molar-refractivity contribution is 6.13. The lowest BCUT2D eigenvalue weighted by Gasteiger charge is -2.16. The summed E-state index contributed by atoms with van der Waals surface area (Å²) in [5.41, 5.74) is 1.96. The number of aromatic hydroxyl groups is 2. The van der Waals surface area contributed by atoms with Gasteiger partial charge in [0.25, 0.3) is 0 Å². The molecular weight excluding hydrogens is 560 g/mol. The van der Waals surface area contributed by atoms with Crippen LogP contribution in [-0.2, 0) is 0 Å². The summed E-state index contributed by atoms with van der Waals surface area (Å²) >= 11 is 0. The summed E-state index contributed by atoms with van der Waals surface area (Å²) in [6.45, 7) is 0. The van der Waals surface area contributed by atoms with Gasteiger partial charge >= 0.3 is 11.4 Å². The van der Waals surface area contributed by atoms with Gasteiger partial charge in [0.15, 0.2) is 0 Å². The zero-order valence-corrected chi connectivity index (χ0v) is 22.9. The molecule has 0 saturated heterocycles. The fourth-order valence-electron chi connectivity index (χ4n) is 5.14. The average molecular weight is 583 g/mol. The predicted octanol–water partition coefficient (Wildman–Crippen LogP) is 8.39. The Morgan fingerprint density at radius 2 is 0.932 bits per heavy atom. The summed E-state index contributed by atoms with van der Waals surface area (Å²) in [7, 11) is 0. The third-order valence-electron chi connectivity index (χ3n) is 7.23. The van der Waals surface area contributed by atoms with E-state index in [0.717, 1.165) is 32.7 Å². The van der Waals surface area contributed by atoms with E-state index in [2.05, 4.69) is 0 Å². The molecule has 0 spiro atoms. The van der Waals surface area contributed by atoms with E-state index in [1.165, 1.54) is 48.8 Å². The molecule has 6 rings (SSSR count). The van der Waals surface area contributed by atoms with E-state index >= 15 is 0 Å². The molecule has 6 aromatic rings. The number of para-hydroxylation sites is 2. The van der Waals surface area contributed by atoms with E-state index in [0.29, 0.717) is 11.4 Å². The minimum absolute atomic E-state index is 0.176. The molecule has 0 aliphatic rings. The number of benzene rings is 6. The maximum absolute atomic E-state index is 11.4. The van der Waals surface area contributed by atoms with Crippen molar-refractivity contribution in [2.75, 3.05) is 0 Å². The zero-order valence-electron chi connectivity index (χ0n) is 22.9. The third-order valence-corrected chi connectivity index (χ3v) is 7.23. The molecule has 10 heteroatoms. The number of hydrogen-bond acceptors (Lipinski definition) is 8. The molecule has 0 saturated carbocycles. The van der Waals surface area contributed by atoms with Gasteiger partial charge in [0.05, 0.1) is 21.2 Å². The number of rotatable bonds is 7. The van der Waals surface area contributed by atoms with Gasteiger partial charge in [-0.15, -0.1) is 0 Å². The molecule has 0 fully saturated rings. The van der Waals surface area contributed by atoms with E-state index in [-0.39, 0.29) is 11.1 Å². The van der Waals surface area contributed by atoms with Crippen LogP contribution < -0.4 is 0 Å². The van der Waals surface area contributed by atoms with Gasteiger partial charge in [0, 0.05) is 46.8 Å². The summed E-state index contributed by atoms with van der Waals surface area (Å²) in [6.07, 6.45) is 2.76. The average Bonchev–Trinajstić information content (AvgIpc) is 3.03. The van der Waals surface area contributed by atoms with Crippen LogP contribution in [0, 0.1) is 20.2 Å². The molecule has 44 heavy (non-hydrogen) atoms. The van der Waals surface area contributed by atoms with Crippen LogP contribution in [0.15, 0.2) is 119 Å².